The van der Waals surface area contributed by atoms with Gasteiger partial charge in [-0.05, 0) is 41.8 Å². The summed E-state index contributed by atoms with van der Waals surface area (Å²) in [4.78, 5) is 19.3. The third-order valence-electron chi connectivity index (χ3n) is 4.98. The summed E-state index contributed by atoms with van der Waals surface area (Å²) < 4.78 is 0. The lowest BCUT2D eigenvalue weighted by molar-refractivity contribution is -0.120. The number of hydrogen-bond acceptors (Lipinski definition) is 3. The van der Waals surface area contributed by atoms with E-state index in [9.17, 15) is 4.79 Å². The first-order valence-electron chi connectivity index (χ1n) is 9.45. The Morgan fingerprint density at radius 1 is 0.931 bits per heavy atom. The van der Waals surface area contributed by atoms with Crippen molar-refractivity contribution in [3.63, 3.8) is 0 Å². The number of rotatable bonds is 5. The van der Waals surface area contributed by atoms with Gasteiger partial charge in [-0.15, -0.1) is 0 Å². The highest BCUT2D eigenvalue weighted by molar-refractivity contribution is 6.30. The maximum absolute atomic E-state index is 13.5. The molecule has 0 saturated heterocycles. The van der Waals surface area contributed by atoms with Crippen LogP contribution in [0.15, 0.2) is 95.7 Å². The molecule has 0 N–H and O–H groups in total. The van der Waals surface area contributed by atoms with Crippen LogP contribution in [0.5, 0.6) is 0 Å². The maximum Gasteiger partial charge on any atom is 0.172 e. The molecule has 29 heavy (non-hydrogen) atoms. The van der Waals surface area contributed by atoms with Crippen LogP contribution in [-0.2, 0) is 9.63 Å². The van der Waals surface area contributed by atoms with Crippen LogP contribution in [0.2, 0.25) is 5.02 Å². The van der Waals surface area contributed by atoms with Crippen molar-refractivity contribution < 1.29 is 9.63 Å². The van der Waals surface area contributed by atoms with E-state index in [0.29, 0.717) is 16.3 Å². The largest absolute Gasteiger partial charge is 0.386 e. The number of carbonyl (C=O) groups is 1. The van der Waals surface area contributed by atoms with Crippen molar-refractivity contribution in [2.45, 2.75) is 13.0 Å². The third kappa shape index (κ3) is 4.15. The van der Waals surface area contributed by atoms with Crippen molar-refractivity contribution in [2.75, 3.05) is 0 Å². The van der Waals surface area contributed by atoms with E-state index in [-0.39, 0.29) is 5.78 Å². The number of benzene rings is 3. The fraction of sp³-hybridized carbons (Fsp3) is 0.120. The van der Waals surface area contributed by atoms with Crippen LogP contribution in [0.3, 0.4) is 0 Å². The normalized spacial score (nSPS) is 18.8. The van der Waals surface area contributed by atoms with Crippen molar-refractivity contribution >= 4 is 29.2 Å². The molecule has 1 aliphatic rings. The Bertz CT molecular complexity index is 1060. The first-order valence-corrected chi connectivity index (χ1v) is 9.83. The second kappa shape index (κ2) is 8.46. The van der Waals surface area contributed by atoms with Crippen LogP contribution in [0, 0.1) is 5.92 Å². The number of ketones is 1. The van der Waals surface area contributed by atoms with Crippen LogP contribution >= 0.6 is 11.6 Å². The minimum Gasteiger partial charge on any atom is -0.386 e. The predicted octanol–water partition coefficient (Wildman–Crippen LogP) is 6.10. The molecule has 3 nitrogen and oxygen atoms in total. The second-order valence-corrected chi connectivity index (χ2v) is 7.44. The maximum atomic E-state index is 13.5. The summed E-state index contributed by atoms with van der Waals surface area (Å²) in [5, 5.41) is 4.95. The quantitative estimate of drug-likeness (QED) is 0.484. The Kier molecular flexibility index (Phi) is 5.59. The highest BCUT2D eigenvalue weighted by Crippen LogP contribution is 2.37. The summed E-state index contributed by atoms with van der Waals surface area (Å²) in [7, 11) is 0. The number of oxime groups is 1. The Labute approximate surface area is 175 Å². The number of allylic oxidation sites excluding steroid dienone is 1. The van der Waals surface area contributed by atoms with Gasteiger partial charge in [-0.2, -0.15) is 0 Å². The summed E-state index contributed by atoms with van der Waals surface area (Å²) >= 11 is 6.04. The number of nitrogens with zero attached hydrogens (tertiary/aromatic N) is 1. The van der Waals surface area contributed by atoms with E-state index in [0.717, 1.165) is 16.7 Å². The molecule has 0 aromatic heterocycles. The average Bonchev–Trinajstić information content (AvgIpc) is 3.20. The Hall–Kier alpha value is -3.17. The molecule has 1 aliphatic heterocycles. The molecule has 0 fully saturated rings. The molecule has 0 amide bonds. The van der Waals surface area contributed by atoms with Gasteiger partial charge in [0.05, 0.1) is 0 Å². The molecular formula is C25H20ClNO2. The third-order valence-corrected chi connectivity index (χ3v) is 5.24. The molecule has 4 rings (SSSR count). The fourth-order valence-corrected chi connectivity index (χ4v) is 3.63. The lowest BCUT2D eigenvalue weighted by atomic mass is 9.83. The van der Waals surface area contributed by atoms with Gasteiger partial charge in [0.25, 0.3) is 0 Å². The van der Waals surface area contributed by atoms with E-state index >= 15 is 0 Å². The van der Waals surface area contributed by atoms with Crippen molar-refractivity contribution in [2.24, 2.45) is 11.1 Å². The van der Waals surface area contributed by atoms with Crippen LogP contribution < -0.4 is 0 Å². The van der Waals surface area contributed by atoms with E-state index < -0.39 is 12.0 Å². The van der Waals surface area contributed by atoms with Crippen LogP contribution in [0.1, 0.15) is 29.7 Å². The van der Waals surface area contributed by atoms with E-state index in [4.69, 9.17) is 16.4 Å². The standard InChI is InChI=1S/C25H20ClNO2/c1-17(16-18-8-4-2-5-9-18)24(28)22-23(19-12-14-21(26)15-13-19)27-29-25(22)20-10-6-3-7-11-20/h2-16,22,25H,1H3/b17-16+. The molecule has 144 valence electrons. The molecule has 4 heteroatoms. The lowest BCUT2D eigenvalue weighted by Gasteiger charge is -2.19. The van der Waals surface area contributed by atoms with Gasteiger partial charge in [-0.3, -0.25) is 4.79 Å². The monoisotopic (exact) mass is 401 g/mol. The highest BCUT2D eigenvalue weighted by Gasteiger charge is 2.41. The number of halogens is 1. The van der Waals surface area contributed by atoms with Crippen molar-refractivity contribution in [1.29, 1.82) is 0 Å². The molecule has 3 aromatic rings. The summed E-state index contributed by atoms with van der Waals surface area (Å²) in [6.07, 6.45) is 1.44. The Morgan fingerprint density at radius 3 is 2.21 bits per heavy atom. The minimum absolute atomic E-state index is 0.00564. The first kappa shape index (κ1) is 19.2. The minimum atomic E-state index is -0.529. The molecule has 2 atom stereocenters. The topological polar surface area (TPSA) is 38.7 Å². The van der Waals surface area contributed by atoms with Crippen molar-refractivity contribution in [3.8, 4) is 0 Å². The summed E-state index contributed by atoms with van der Waals surface area (Å²) in [5.74, 6) is -0.535. The van der Waals surface area contributed by atoms with Gasteiger partial charge >= 0.3 is 0 Å². The van der Waals surface area contributed by atoms with Crippen molar-refractivity contribution in [3.05, 3.63) is 112 Å². The van der Waals surface area contributed by atoms with Gasteiger partial charge in [0.1, 0.15) is 11.6 Å². The first-order chi connectivity index (χ1) is 14.1. The SMILES string of the molecule is C/C(=C\c1ccccc1)C(=O)C1C(c2ccc(Cl)cc2)=NOC1c1ccccc1. The molecule has 0 spiro atoms. The van der Waals surface area contributed by atoms with Gasteiger partial charge in [-0.25, -0.2) is 0 Å². The molecule has 2 unspecified atom stereocenters. The van der Waals surface area contributed by atoms with Crippen LogP contribution in [0.25, 0.3) is 6.08 Å². The average molecular weight is 402 g/mol. The molecule has 0 saturated carbocycles. The zero-order chi connectivity index (χ0) is 20.2. The van der Waals surface area contributed by atoms with E-state index in [1.165, 1.54) is 0 Å². The number of Topliss-reactive ketones (excluding diaryl/α,β-unsaturated/α-hetero) is 1. The van der Waals surface area contributed by atoms with Gasteiger partial charge < -0.3 is 4.84 Å². The van der Waals surface area contributed by atoms with E-state index in [1.54, 1.807) is 12.1 Å². The molecule has 1 heterocycles. The lowest BCUT2D eigenvalue weighted by Crippen LogP contribution is -2.28. The Balaban J connectivity index is 1.72. The van der Waals surface area contributed by atoms with Crippen LogP contribution in [-0.4, -0.2) is 11.5 Å². The summed E-state index contributed by atoms with van der Waals surface area (Å²) in [6.45, 7) is 1.84. The Morgan fingerprint density at radius 2 is 1.55 bits per heavy atom. The number of carbonyl (C=O) groups excluding carboxylic acids is 1. The zero-order valence-corrected chi connectivity index (χ0v) is 16.7. The molecular weight excluding hydrogens is 382 g/mol. The molecule has 0 radical (unpaired) electrons. The summed E-state index contributed by atoms with van der Waals surface area (Å²) in [5.41, 5.74) is 4.03. The van der Waals surface area contributed by atoms with Gasteiger partial charge in [0.2, 0.25) is 0 Å². The van der Waals surface area contributed by atoms with Gasteiger partial charge in [0, 0.05) is 10.6 Å². The zero-order valence-electron chi connectivity index (χ0n) is 16.0. The summed E-state index contributed by atoms with van der Waals surface area (Å²) in [6, 6.07) is 26.9. The second-order valence-electron chi connectivity index (χ2n) is 7.00. The molecule has 0 aliphatic carbocycles. The fourth-order valence-electron chi connectivity index (χ4n) is 3.50. The smallest absolute Gasteiger partial charge is 0.172 e. The van der Waals surface area contributed by atoms with Gasteiger partial charge in [-0.1, -0.05) is 89.6 Å². The van der Waals surface area contributed by atoms with E-state index in [1.807, 2.05) is 85.8 Å². The number of hydrogen-bond donors (Lipinski definition) is 0. The van der Waals surface area contributed by atoms with Crippen LogP contribution in [0.4, 0.5) is 0 Å². The molecule has 0 bridgehead atoms. The molecule has 3 aromatic carbocycles. The highest BCUT2D eigenvalue weighted by atomic mass is 35.5. The van der Waals surface area contributed by atoms with Gasteiger partial charge in [0.15, 0.2) is 11.9 Å². The van der Waals surface area contributed by atoms with E-state index in [2.05, 4.69) is 5.16 Å². The predicted molar refractivity (Wildman–Crippen MR) is 117 cm³/mol. The van der Waals surface area contributed by atoms with Crippen molar-refractivity contribution in [1.82, 2.24) is 0 Å².